The minimum Gasteiger partial charge on any atom is -0.311 e. The normalized spacial score (nSPS) is 28.3. The van der Waals surface area contributed by atoms with E-state index in [0.29, 0.717) is 30.5 Å². The summed E-state index contributed by atoms with van der Waals surface area (Å²) in [4.78, 5) is 12.4. The van der Waals surface area contributed by atoms with Gasteiger partial charge in [-0.05, 0) is 38.0 Å². The second-order valence-corrected chi connectivity index (χ2v) is 9.48. The molecule has 6 nitrogen and oxygen atoms in total. The Morgan fingerprint density at radius 3 is 2.75 bits per heavy atom. The van der Waals surface area contributed by atoms with Gasteiger partial charge in [0.1, 0.15) is 5.82 Å². The highest BCUT2D eigenvalue weighted by Crippen LogP contribution is 2.41. The number of sulfone groups is 1. The maximum atomic E-state index is 12.4. The zero-order valence-electron chi connectivity index (χ0n) is 13.6. The van der Waals surface area contributed by atoms with E-state index in [1.807, 2.05) is 6.07 Å². The van der Waals surface area contributed by atoms with Crippen molar-refractivity contribution in [3.8, 4) is 0 Å². The van der Waals surface area contributed by atoms with Crippen LogP contribution in [0.3, 0.4) is 0 Å². The fourth-order valence-corrected chi connectivity index (χ4v) is 5.32. The van der Waals surface area contributed by atoms with Gasteiger partial charge in [-0.1, -0.05) is 12.2 Å². The van der Waals surface area contributed by atoms with Crippen LogP contribution in [0.5, 0.6) is 0 Å². The number of hydrogen-bond donors (Lipinski definition) is 1. The number of nitrogens with zero attached hydrogens (tertiary/aromatic N) is 2. The van der Waals surface area contributed by atoms with Crippen LogP contribution in [0.25, 0.3) is 0 Å². The molecular formula is C17H23N3O3S. The van der Waals surface area contributed by atoms with Crippen LogP contribution in [0.1, 0.15) is 56.2 Å². The van der Waals surface area contributed by atoms with Crippen molar-refractivity contribution in [3.05, 3.63) is 23.9 Å². The van der Waals surface area contributed by atoms with E-state index in [1.54, 1.807) is 4.68 Å². The molecule has 2 atom stereocenters. The van der Waals surface area contributed by atoms with Gasteiger partial charge in [-0.15, -0.1) is 0 Å². The fourth-order valence-electron chi connectivity index (χ4n) is 3.63. The second-order valence-electron chi connectivity index (χ2n) is 7.25. The molecule has 7 heteroatoms. The van der Waals surface area contributed by atoms with Crippen LogP contribution in [0, 0.1) is 5.92 Å². The van der Waals surface area contributed by atoms with E-state index in [-0.39, 0.29) is 23.5 Å². The van der Waals surface area contributed by atoms with Crippen LogP contribution in [0.2, 0.25) is 0 Å². The molecule has 0 spiro atoms. The van der Waals surface area contributed by atoms with Crippen LogP contribution in [0.15, 0.2) is 18.2 Å². The molecular weight excluding hydrogens is 326 g/mol. The molecule has 2 heterocycles. The first kappa shape index (κ1) is 15.9. The second kappa shape index (κ2) is 6.02. The van der Waals surface area contributed by atoms with E-state index in [1.165, 1.54) is 0 Å². The molecule has 2 aliphatic carbocycles. The molecule has 24 heavy (non-hydrogen) atoms. The summed E-state index contributed by atoms with van der Waals surface area (Å²) in [6.45, 7) is 0. The van der Waals surface area contributed by atoms with E-state index < -0.39 is 9.84 Å². The van der Waals surface area contributed by atoms with Gasteiger partial charge in [-0.25, -0.2) is 13.1 Å². The lowest BCUT2D eigenvalue weighted by Gasteiger charge is -2.14. The Kier molecular flexibility index (Phi) is 3.98. The van der Waals surface area contributed by atoms with Crippen molar-refractivity contribution >= 4 is 21.6 Å². The molecule has 1 aromatic rings. The van der Waals surface area contributed by atoms with Gasteiger partial charge in [0.05, 0.1) is 23.2 Å². The monoisotopic (exact) mass is 349 g/mol. The lowest BCUT2D eigenvalue weighted by Crippen LogP contribution is -2.20. The zero-order valence-corrected chi connectivity index (χ0v) is 14.5. The Labute approximate surface area is 142 Å². The molecule has 0 unspecified atom stereocenters. The van der Waals surface area contributed by atoms with Gasteiger partial charge in [-0.2, -0.15) is 5.10 Å². The first-order valence-corrected chi connectivity index (χ1v) is 10.6. The summed E-state index contributed by atoms with van der Waals surface area (Å²) in [5.41, 5.74) is 0.982. The Morgan fingerprint density at radius 1 is 1.29 bits per heavy atom. The lowest BCUT2D eigenvalue weighted by molar-refractivity contribution is -0.116. The molecule has 130 valence electrons. The highest BCUT2D eigenvalue weighted by Gasteiger charge is 2.34. The molecule has 1 amide bonds. The number of aromatic nitrogens is 2. The molecule has 0 aromatic carbocycles. The van der Waals surface area contributed by atoms with E-state index in [0.717, 1.165) is 31.4 Å². The van der Waals surface area contributed by atoms with Crippen LogP contribution in [-0.4, -0.2) is 35.6 Å². The summed E-state index contributed by atoms with van der Waals surface area (Å²) >= 11 is 0. The fraction of sp³-hybridized carbons (Fsp3) is 0.647. The smallest absolute Gasteiger partial charge is 0.226 e. The lowest BCUT2D eigenvalue weighted by atomic mass is 10.1. The molecule has 0 radical (unpaired) electrons. The molecule has 1 saturated heterocycles. The van der Waals surface area contributed by atoms with Crippen molar-refractivity contribution < 1.29 is 13.2 Å². The number of nitrogens with one attached hydrogen (secondary N) is 1. The predicted molar refractivity (Wildman–Crippen MR) is 91.6 cm³/mol. The van der Waals surface area contributed by atoms with E-state index in [9.17, 15) is 13.2 Å². The maximum Gasteiger partial charge on any atom is 0.226 e. The number of rotatable bonds is 5. The van der Waals surface area contributed by atoms with Gasteiger partial charge in [-0.3, -0.25) is 4.79 Å². The third-order valence-electron chi connectivity index (χ3n) is 5.13. The topological polar surface area (TPSA) is 81.1 Å². The summed E-state index contributed by atoms with van der Waals surface area (Å²) in [6.07, 6.45) is 9.60. The Balaban J connectivity index is 1.52. The molecule has 0 bridgehead atoms. The van der Waals surface area contributed by atoms with Gasteiger partial charge in [0.25, 0.3) is 0 Å². The van der Waals surface area contributed by atoms with Crippen molar-refractivity contribution in [2.75, 3.05) is 16.8 Å². The molecule has 1 N–H and O–H groups in total. The van der Waals surface area contributed by atoms with E-state index in [4.69, 9.17) is 0 Å². The van der Waals surface area contributed by atoms with Gasteiger partial charge in [0.15, 0.2) is 9.84 Å². The van der Waals surface area contributed by atoms with Crippen LogP contribution in [0.4, 0.5) is 5.82 Å². The Hall–Kier alpha value is -1.63. The molecule has 1 aliphatic heterocycles. The first-order chi connectivity index (χ1) is 11.5. The predicted octanol–water partition coefficient (Wildman–Crippen LogP) is 2.41. The van der Waals surface area contributed by atoms with E-state index >= 15 is 0 Å². The standard InChI is InChI=1S/C17H23N3O3S/c21-17(9-12-3-1-2-4-12)18-16-10-15(13-5-6-13)19-20(16)14-7-8-24(22,23)11-14/h1,3,10,12-14H,2,4-9,11H2,(H,18,21)/t12-,14+/m1/s1. The SMILES string of the molecule is O=C(C[C@@H]1C=CCC1)Nc1cc(C2CC2)nn1[C@H]1CCS(=O)(=O)C1. The molecule has 1 saturated carbocycles. The average Bonchev–Trinajstić information content (AvgIpc) is 2.91. The van der Waals surface area contributed by atoms with Gasteiger partial charge < -0.3 is 5.32 Å². The van der Waals surface area contributed by atoms with Crippen molar-refractivity contribution in [3.63, 3.8) is 0 Å². The number of hydrogen-bond acceptors (Lipinski definition) is 4. The van der Waals surface area contributed by atoms with Gasteiger partial charge in [0, 0.05) is 18.4 Å². The zero-order chi connectivity index (χ0) is 16.7. The number of allylic oxidation sites excluding steroid dienone is 2. The minimum absolute atomic E-state index is 0.0177. The third-order valence-corrected chi connectivity index (χ3v) is 6.88. The van der Waals surface area contributed by atoms with Crippen molar-refractivity contribution in [2.24, 2.45) is 5.92 Å². The number of amides is 1. The van der Waals surface area contributed by atoms with Crippen molar-refractivity contribution in [2.45, 2.75) is 50.5 Å². The highest BCUT2D eigenvalue weighted by molar-refractivity contribution is 7.91. The highest BCUT2D eigenvalue weighted by atomic mass is 32.2. The summed E-state index contributed by atoms with van der Waals surface area (Å²) < 4.78 is 25.3. The summed E-state index contributed by atoms with van der Waals surface area (Å²) in [5.74, 6) is 1.75. The Morgan fingerprint density at radius 2 is 2.12 bits per heavy atom. The van der Waals surface area contributed by atoms with Crippen LogP contribution >= 0.6 is 0 Å². The number of anilines is 1. The van der Waals surface area contributed by atoms with Gasteiger partial charge in [0.2, 0.25) is 5.91 Å². The minimum atomic E-state index is -2.99. The molecule has 3 aliphatic rings. The van der Waals surface area contributed by atoms with E-state index in [2.05, 4.69) is 22.6 Å². The summed E-state index contributed by atoms with van der Waals surface area (Å²) in [6, 6.07) is 1.77. The molecule has 1 aromatic heterocycles. The van der Waals surface area contributed by atoms with Gasteiger partial charge >= 0.3 is 0 Å². The first-order valence-electron chi connectivity index (χ1n) is 8.76. The largest absolute Gasteiger partial charge is 0.311 e. The summed E-state index contributed by atoms with van der Waals surface area (Å²) in [7, 11) is -2.99. The molecule has 2 fully saturated rings. The van der Waals surface area contributed by atoms with Crippen LogP contribution < -0.4 is 5.32 Å². The average molecular weight is 349 g/mol. The summed E-state index contributed by atoms with van der Waals surface area (Å²) in [5, 5.41) is 7.61. The quantitative estimate of drug-likeness (QED) is 0.828. The van der Waals surface area contributed by atoms with Crippen molar-refractivity contribution in [1.29, 1.82) is 0 Å². The van der Waals surface area contributed by atoms with Crippen molar-refractivity contribution in [1.82, 2.24) is 9.78 Å². The third kappa shape index (κ3) is 3.41. The number of carbonyl (C=O) groups excluding carboxylic acids is 1. The maximum absolute atomic E-state index is 12.4. The van der Waals surface area contributed by atoms with Crippen LogP contribution in [-0.2, 0) is 14.6 Å². The number of carbonyl (C=O) groups is 1. The molecule has 4 rings (SSSR count). The Bertz CT molecular complexity index is 777.